The zero-order chi connectivity index (χ0) is 45.3. The lowest BCUT2D eigenvalue weighted by Crippen LogP contribution is -2.56. The molecule has 2 aromatic rings. The molecule has 10 nitrogen and oxygen atoms in total. The van der Waals surface area contributed by atoms with Gasteiger partial charge < -0.3 is 21.5 Å². The highest BCUT2D eigenvalue weighted by Gasteiger charge is 2.61. The molecule has 12 unspecified atom stereocenters. The number of benzene rings is 1. The summed E-state index contributed by atoms with van der Waals surface area (Å²) in [5.74, 6) is 3.23. The predicted molar refractivity (Wildman–Crippen MR) is 245 cm³/mol. The minimum absolute atomic E-state index is 0.0490. The second-order valence-electron chi connectivity index (χ2n) is 21.2. The van der Waals surface area contributed by atoms with Crippen LogP contribution in [0.3, 0.4) is 0 Å². The van der Waals surface area contributed by atoms with E-state index in [2.05, 4.69) is 61.2 Å². The van der Waals surface area contributed by atoms with Crippen LogP contribution in [0.1, 0.15) is 131 Å². The summed E-state index contributed by atoms with van der Waals surface area (Å²) in [6.07, 6.45) is 12.2. The molecule has 0 radical (unpaired) electrons. The van der Waals surface area contributed by atoms with Crippen molar-refractivity contribution in [1.82, 2.24) is 15.6 Å². The lowest BCUT2D eigenvalue weighted by Gasteiger charge is -2.63. The Hall–Kier alpha value is -3.92. The van der Waals surface area contributed by atoms with Crippen molar-refractivity contribution in [1.29, 1.82) is 0 Å². The van der Waals surface area contributed by atoms with Crippen molar-refractivity contribution in [3.8, 4) is 0 Å². The minimum atomic E-state index is -0.982. The molecule has 8 rings (SSSR count). The van der Waals surface area contributed by atoms with Gasteiger partial charge in [-0.3, -0.25) is 29.0 Å². The number of Topliss-reactive ketones (excluding diaryl/α,β-unsaturated/α-hetero) is 2. The summed E-state index contributed by atoms with van der Waals surface area (Å²) in [6, 6.07) is 12.3. The number of rotatable bonds is 11. The summed E-state index contributed by atoms with van der Waals surface area (Å²) >= 11 is 0. The van der Waals surface area contributed by atoms with Crippen molar-refractivity contribution >= 4 is 40.8 Å². The van der Waals surface area contributed by atoms with Crippen molar-refractivity contribution in [2.45, 2.75) is 138 Å². The number of amides is 2. The third-order valence-corrected chi connectivity index (χ3v) is 17.5. The SMILES string of the molecule is CC(C)C1=C2C3CCC4C(CCC5C(C)C(CC(=O)C6CC(C(=O)O)C6C)CCC54C)C3CCC2(CCNC(=O)C(C)(C)NC=O)CC1=O.CN.Cc1ccc2ccccc2n1. The number of allylic oxidation sites excluding steroid dienone is 2. The molecule has 10 heteroatoms. The van der Waals surface area contributed by atoms with Crippen molar-refractivity contribution in [3.05, 3.63) is 53.2 Å². The minimum Gasteiger partial charge on any atom is -0.481 e. The fraction of sp³-hybridized carbons (Fsp3) is 0.692. The van der Waals surface area contributed by atoms with Crippen LogP contribution in [0, 0.1) is 82.9 Å². The van der Waals surface area contributed by atoms with E-state index in [1.54, 1.807) is 13.8 Å². The summed E-state index contributed by atoms with van der Waals surface area (Å²) in [6.45, 7) is 17.2. The molecule has 0 saturated heterocycles. The van der Waals surface area contributed by atoms with E-state index < -0.39 is 11.5 Å². The first kappa shape index (κ1) is 47.6. The molecule has 1 heterocycles. The fourth-order valence-corrected chi connectivity index (χ4v) is 14.1. The highest BCUT2D eigenvalue weighted by atomic mass is 16.4. The Morgan fingerprint density at radius 1 is 0.935 bits per heavy atom. The topological polar surface area (TPSA) is 169 Å². The molecule has 0 spiro atoms. The number of aryl methyl sites for hydroxylation is 1. The van der Waals surface area contributed by atoms with E-state index in [9.17, 15) is 29.1 Å². The van der Waals surface area contributed by atoms with Gasteiger partial charge in [0.1, 0.15) is 11.3 Å². The number of carbonyl (C=O) groups is 5. The zero-order valence-corrected chi connectivity index (χ0v) is 39.1. The molecule has 6 aliphatic carbocycles. The summed E-state index contributed by atoms with van der Waals surface area (Å²) in [4.78, 5) is 66.9. The van der Waals surface area contributed by atoms with Crippen LogP contribution >= 0.6 is 0 Å². The van der Waals surface area contributed by atoms with Crippen LogP contribution in [0.2, 0.25) is 0 Å². The van der Waals surface area contributed by atoms with Crippen LogP contribution in [0.15, 0.2) is 47.5 Å². The Morgan fingerprint density at radius 3 is 2.32 bits per heavy atom. The van der Waals surface area contributed by atoms with Crippen LogP contribution in [-0.4, -0.2) is 59.1 Å². The number of hydrogen-bond acceptors (Lipinski definition) is 7. The van der Waals surface area contributed by atoms with E-state index in [0.29, 0.717) is 85.2 Å². The number of para-hydroxylation sites is 1. The maximum absolute atomic E-state index is 13.8. The van der Waals surface area contributed by atoms with Crippen LogP contribution in [0.25, 0.3) is 10.9 Å². The Balaban J connectivity index is 0.000000422. The lowest BCUT2D eigenvalue weighted by molar-refractivity contribution is -0.154. The molecule has 5 N–H and O–H groups in total. The van der Waals surface area contributed by atoms with E-state index in [4.69, 9.17) is 0 Å². The number of hydrogen-bond donors (Lipinski definition) is 4. The van der Waals surface area contributed by atoms with Gasteiger partial charge in [0.25, 0.3) is 0 Å². The number of nitrogens with one attached hydrogen (secondary N) is 2. The van der Waals surface area contributed by atoms with Crippen molar-refractivity contribution in [2.75, 3.05) is 13.6 Å². The number of aliphatic carboxylic acids is 1. The Bertz CT molecular complexity index is 2030. The number of aromatic nitrogens is 1. The third kappa shape index (κ3) is 8.92. The molecule has 6 aliphatic rings. The first-order valence-electron chi connectivity index (χ1n) is 23.9. The second-order valence-corrected chi connectivity index (χ2v) is 21.2. The van der Waals surface area contributed by atoms with Crippen molar-refractivity contribution < 1.29 is 29.1 Å². The molecule has 340 valence electrons. The van der Waals surface area contributed by atoms with E-state index in [1.165, 1.54) is 43.7 Å². The standard InChI is InChI=1S/C41H62N2O6.C10H9N.CH5N/c1-22(2)35-34(46)20-41(16-17-42-38(49)39(5,6)43-21-44)15-13-26-27-8-10-31-23(3)25(18-33(45)29-19-30(24(29)4)37(47)48)12-14-40(31,7)32(27)11-9-28(26)36(35)41;1-8-6-7-9-4-2-3-5-10(9)11-8;1-2/h21-32H,8-20H2,1-7H3,(H,42,49)(H,43,44)(H,47,48);2-7H,1H3;2H2,1H3. The molecule has 0 bridgehead atoms. The summed E-state index contributed by atoms with van der Waals surface area (Å²) in [5.41, 5.74) is 8.29. The maximum atomic E-state index is 13.8. The van der Waals surface area contributed by atoms with Gasteiger partial charge in [-0.2, -0.15) is 0 Å². The van der Waals surface area contributed by atoms with E-state index in [1.807, 2.05) is 38.1 Å². The first-order valence-corrected chi connectivity index (χ1v) is 23.9. The maximum Gasteiger partial charge on any atom is 0.306 e. The summed E-state index contributed by atoms with van der Waals surface area (Å²) < 4.78 is 0. The summed E-state index contributed by atoms with van der Waals surface area (Å²) in [5, 5.41) is 16.3. The highest BCUT2D eigenvalue weighted by molar-refractivity contribution is 6.00. The van der Waals surface area contributed by atoms with Crippen LogP contribution in [-0.2, 0) is 24.0 Å². The molecule has 1 aromatic heterocycles. The predicted octanol–water partition coefficient (Wildman–Crippen LogP) is 8.88. The normalized spacial score (nSPS) is 34.7. The number of carboxylic acid groups (broad SMARTS) is 1. The molecule has 12 atom stereocenters. The number of carboxylic acids is 1. The van der Waals surface area contributed by atoms with Crippen LogP contribution in [0.4, 0.5) is 0 Å². The van der Waals surface area contributed by atoms with Crippen LogP contribution < -0.4 is 16.4 Å². The number of fused-ring (bicyclic) bond motifs is 8. The molecular formula is C52H76N4O6. The number of carbonyl (C=O) groups excluding carboxylic acids is 4. The third-order valence-electron chi connectivity index (χ3n) is 17.5. The molecule has 5 saturated carbocycles. The van der Waals surface area contributed by atoms with Crippen LogP contribution in [0.5, 0.6) is 0 Å². The molecule has 2 amide bonds. The quantitative estimate of drug-likeness (QED) is 0.163. The summed E-state index contributed by atoms with van der Waals surface area (Å²) in [7, 11) is 1.50. The van der Waals surface area contributed by atoms with Gasteiger partial charge in [-0.25, -0.2) is 0 Å². The molecule has 5 fully saturated rings. The molecule has 62 heavy (non-hydrogen) atoms. The number of ketones is 2. The van der Waals surface area contributed by atoms with Crippen molar-refractivity contribution in [3.63, 3.8) is 0 Å². The van der Waals surface area contributed by atoms with Gasteiger partial charge in [0.15, 0.2) is 5.78 Å². The van der Waals surface area contributed by atoms with Gasteiger partial charge in [-0.15, -0.1) is 0 Å². The lowest BCUT2D eigenvalue weighted by atomic mass is 9.42. The highest BCUT2D eigenvalue weighted by Crippen LogP contribution is 2.68. The van der Waals surface area contributed by atoms with E-state index >= 15 is 0 Å². The smallest absolute Gasteiger partial charge is 0.306 e. The number of nitrogens with two attached hydrogens (primary N) is 1. The second kappa shape index (κ2) is 19.0. The number of nitrogens with zero attached hydrogens (tertiary/aromatic N) is 1. The van der Waals surface area contributed by atoms with Gasteiger partial charge in [0, 0.05) is 41.8 Å². The van der Waals surface area contributed by atoms with Gasteiger partial charge in [0.05, 0.1) is 11.4 Å². The number of pyridine rings is 1. The van der Waals surface area contributed by atoms with Gasteiger partial charge >= 0.3 is 5.97 Å². The fourth-order valence-electron chi connectivity index (χ4n) is 14.1. The molecule has 1 aromatic carbocycles. The molecule has 0 aliphatic heterocycles. The Kier molecular flexibility index (Phi) is 14.6. The average Bonchev–Trinajstić information content (AvgIpc) is 3.54. The van der Waals surface area contributed by atoms with Gasteiger partial charge in [0.2, 0.25) is 12.3 Å². The Morgan fingerprint density at radius 2 is 1.65 bits per heavy atom. The first-order chi connectivity index (χ1) is 29.4. The zero-order valence-electron chi connectivity index (χ0n) is 39.1. The van der Waals surface area contributed by atoms with Gasteiger partial charge in [-0.05, 0) is 168 Å². The Labute approximate surface area is 370 Å². The van der Waals surface area contributed by atoms with Crippen molar-refractivity contribution in [2.24, 2.45) is 81.7 Å². The van der Waals surface area contributed by atoms with Gasteiger partial charge in [-0.1, -0.05) is 64.5 Å². The van der Waals surface area contributed by atoms with E-state index in [-0.39, 0.29) is 40.4 Å². The monoisotopic (exact) mass is 853 g/mol. The largest absolute Gasteiger partial charge is 0.481 e. The molecular weight excluding hydrogens is 777 g/mol. The van der Waals surface area contributed by atoms with E-state index in [0.717, 1.165) is 48.9 Å². The average molecular weight is 853 g/mol.